The fourth-order valence-corrected chi connectivity index (χ4v) is 2.32. The van der Waals surface area contributed by atoms with Gasteiger partial charge in [-0.05, 0) is 43.7 Å². The third-order valence-corrected chi connectivity index (χ3v) is 3.32. The number of likely N-dealkylation sites (tertiary alicyclic amines) is 1. The van der Waals surface area contributed by atoms with Crippen molar-refractivity contribution < 1.29 is 9.53 Å². The number of benzene rings is 1. The molecular formula is C14H17N3O2. The van der Waals surface area contributed by atoms with Gasteiger partial charge in [0.05, 0.1) is 17.7 Å². The van der Waals surface area contributed by atoms with E-state index < -0.39 is 0 Å². The molecule has 0 spiro atoms. The molecular weight excluding hydrogens is 242 g/mol. The Morgan fingerprint density at radius 1 is 1.47 bits per heavy atom. The Morgan fingerprint density at radius 3 is 2.84 bits per heavy atom. The van der Waals surface area contributed by atoms with Crippen molar-refractivity contribution in [3.63, 3.8) is 0 Å². The zero-order valence-electron chi connectivity index (χ0n) is 10.7. The molecule has 5 nitrogen and oxygen atoms in total. The first-order chi connectivity index (χ1) is 9.20. The summed E-state index contributed by atoms with van der Waals surface area (Å²) in [5, 5.41) is 8.69. The van der Waals surface area contributed by atoms with E-state index in [0.29, 0.717) is 18.7 Å². The van der Waals surface area contributed by atoms with Gasteiger partial charge in [0.1, 0.15) is 12.4 Å². The molecule has 1 aromatic carbocycles. The number of nitrogens with zero attached hydrogens (tertiary/aromatic N) is 2. The predicted octanol–water partition coefficient (Wildman–Crippen LogP) is 0.887. The van der Waals surface area contributed by atoms with Crippen LogP contribution in [0.3, 0.4) is 0 Å². The van der Waals surface area contributed by atoms with Crippen LogP contribution in [0.5, 0.6) is 5.75 Å². The third kappa shape index (κ3) is 3.46. The fraction of sp³-hybridized carbons (Fsp3) is 0.429. The Labute approximate surface area is 112 Å². The minimum Gasteiger partial charge on any atom is -0.492 e. The number of hydrogen-bond donors (Lipinski definition) is 1. The number of carbonyl (C=O) groups is 1. The molecule has 0 bridgehead atoms. The Morgan fingerprint density at radius 2 is 2.21 bits per heavy atom. The summed E-state index contributed by atoms with van der Waals surface area (Å²) in [6, 6.07) is 8.89. The highest BCUT2D eigenvalue weighted by molar-refractivity contribution is 5.80. The van der Waals surface area contributed by atoms with Gasteiger partial charge < -0.3 is 10.5 Å². The molecule has 1 aromatic rings. The first kappa shape index (κ1) is 13.4. The zero-order valence-corrected chi connectivity index (χ0v) is 10.7. The number of primary amides is 1. The van der Waals surface area contributed by atoms with Crippen molar-refractivity contribution in [1.29, 1.82) is 5.26 Å². The minimum absolute atomic E-state index is 0.149. The zero-order chi connectivity index (χ0) is 13.7. The Hall–Kier alpha value is -2.06. The average Bonchev–Trinajstić information content (AvgIpc) is 2.88. The van der Waals surface area contributed by atoms with E-state index in [-0.39, 0.29) is 11.9 Å². The molecule has 2 N–H and O–H groups in total. The number of nitriles is 1. The lowest BCUT2D eigenvalue weighted by atomic mass is 10.2. The van der Waals surface area contributed by atoms with Gasteiger partial charge in [0.25, 0.3) is 0 Å². The van der Waals surface area contributed by atoms with Crippen molar-refractivity contribution in [1.82, 2.24) is 4.90 Å². The van der Waals surface area contributed by atoms with Crippen LogP contribution in [0.4, 0.5) is 0 Å². The van der Waals surface area contributed by atoms with E-state index in [1.165, 1.54) is 0 Å². The molecule has 0 aromatic heterocycles. The second kappa shape index (κ2) is 6.21. The average molecular weight is 259 g/mol. The molecule has 2 rings (SSSR count). The minimum atomic E-state index is -0.254. The topological polar surface area (TPSA) is 79.3 Å². The van der Waals surface area contributed by atoms with Crippen molar-refractivity contribution in [2.45, 2.75) is 18.9 Å². The van der Waals surface area contributed by atoms with Crippen LogP contribution in [0.1, 0.15) is 18.4 Å². The van der Waals surface area contributed by atoms with Gasteiger partial charge in [-0.2, -0.15) is 5.26 Å². The summed E-state index contributed by atoms with van der Waals surface area (Å²) in [6.07, 6.45) is 1.84. The summed E-state index contributed by atoms with van der Waals surface area (Å²) in [5.74, 6) is 0.477. The number of rotatable bonds is 5. The molecule has 1 aliphatic heterocycles. The van der Waals surface area contributed by atoms with E-state index in [4.69, 9.17) is 15.7 Å². The summed E-state index contributed by atoms with van der Waals surface area (Å²) in [4.78, 5) is 13.3. The number of carbonyl (C=O) groups excluding carboxylic acids is 1. The van der Waals surface area contributed by atoms with Crippen molar-refractivity contribution >= 4 is 5.91 Å². The van der Waals surface area contributed by atoms with Gasteiger partial charge in [-0.25, -0.2) is 0 Å². The van der Waals surface area contributed by atoms with Crippen LogP contribution in [0.15, 0.2) is 24.3 Å². The van der Waals surface area contributed by atoms with Crippen LogP contribution in [0.2, 0.25) is 0 Å². The van der Waals surface area contributed by atoms with Crippen LogP contribution < -0.4 is 10.5 Å². The molecule has 5 heteroatoms. The fourth-order valence-electron chi connectivity index (χ4n) is 2.32. The van der Waals surface area contributed by atoms with Gasteiger partial charge in [0, 0.05) is 6.54 Å². The summed E-state index contributed by atoms with van der Waals surface area (Å²) in [7, 11) is 0. The van der Waals surface area contributed by atoms with E-state index >= 15 is 0 Å². The first-order valence-electron chi connectivity index (χ1n) is 6.37. The molecule has 1 aliphatic rings. The molecule has 19 heavy (non-hydrogen) atoms. The van der Waals surface area contributed by atoms with E-state index in [2.05, 4.69) is 11.0 Å². The third-order valence-electron chi connectivity index (χ3n) is 3.32. The molecule has 1 saturated heterocycles. The highest BCUT2D eigenvalue weighted by Crippen LogP contribution is 2.17. The predicted molar refractivity (Wildman–Crippen MR) is 70.4 cm³/mol. The molecule has 1 fully saturated rings. The van der Waals surface area contributed by atoms with Crippen molar-refractivity contribution in [3.8, 4) is 11.8 Å². The van der Waals surface area contributed by atoms with Gasteiger partial charge >= 0.3 is 0 Å². The monoisotopic (exact) mass is 259 g/mol. The van der Waals surface area contributed by atoms with Crippen molar-refractivity contribution in [3.05, 3.63) is 29.8 Å². The second-order valence-corrected chi connectivity index (χ2v) is 4.58. The summed E-state index contributed by atoms with van der Waals surface area (Å²) >= 11 is 0. The highest BCUT2D eigenvalue weighted by atomic mass is 16.5. The van der Waals surface area contributed by atoms with Gasteiger partial charge in [-0.1, -0.05) is 0 Å². The highest BCUT2D eigenvalue weighted by Gasteiger charge is 2.28. The molecule has 0 aliphatic carbocycles. The molecule has 1 atom stereocenters. The lowest BCUT2D eigenvalue weighted by Crippen LogP contribution is -2.42. The lowest BCUT2D eigenvalue weighted by Gasteiger charge is -2.21. The van der Waals surface area contributed by atoms with E-state index in [0.717, 1.165) is 25.1 Å². The molecule has 100 valence electrons. The smallest absolute Gasteiger partial charge is 0.234 e. The van der Waals surface area contributed by atoms with Crippen LogP contribution in [0, 0.1) is 11.3 Å². The molecule has 1 amide bonds. The van der Waals surface area contributed by atoms with E-state index in [9.17, 15) is 4.79 Å². The Balaban J connectivity index is 1.80. The Kier molecular flexibility index (Phi) is 4.37. The van der Waals surface area contributed by atoms with Crippen LogP contribution in [-0.4, -0.2) is 36.5 Å². The normalized spacial score (nSPS) is 19.0. The van der Waals surface area contributed by atoms with Gasteiger partial charge in [-0.3, -0.25) is 9.69 Å². The molecule has 0 unspecified atom stereocenters. The van der Waals surface area contributed by atoms with Crippen molar-refractivity contribution in [2.24, 2.45) is 5.73 Å². The summed E-state index contributed by atoms with van der Waals surface area (Å²) in [6.45, 7) is 2.09. The quantitative estimate of drug-likeness (QED) is 0.851. The first-order valence-corrected chi connectivity index (χ1v) is 6.37. The van der Waals surface area contributed by atoms with E-state index in [1.807, 2.05) is 0 Å². The number of amides is 1. The molecule has 0 saturated carbocycles. The van der Waals surface area contributed by atoms with Crippen LogP contribution in [-0.2, 0) is 4.79 Å². The molecule has 0 radical (unpaired) electrons. The number of nitrogens with two attached hydrogens (primary N) is 1. The molecule has 1 heterocycles. The van der Waals surface area contributed by atoms with Gasteiger partial charge in [0.2, 0.25) is 5.91 Å². The second-order valence-electron chi connectivity index (χ2n) is 4.58. The van der Waals surface area contributed by atoms with E-state index in [1.54, 1.807) is 24.3 Å². The SMILES string of the molecule is N#Cc1ccc(OCCN2CCC[C@@H]2C(N)=O)cc1. The lowest BCUT2D eigenvalue weighted by molar-refractivity contribution is -0.122. The standard InChI is InChI=1S/C14H17N3O2/c15-10-11-3-5-12(6-4-11)19-9-8-17-7-1-2-13(17)14(16)18/h3-6,13H,1-2,7-9H2,(H2,16,18)/t13-/m1/s1. The number of ether oxygens (including phenoxy) is 1. The largest absolute Gasteiger partial charge is 0.492 e. The van der Waals surface area contributed by atoms with Crippen LogP contribution in [0.25, 0.3) is 0 Å². The maximum atomic E-state index is 11.2. The van der Waals surface area contributed by atoms with Gasteiger partial charge in [-0.15, -0.1) is 0 Å². The van der Waals surface area contributed by atoms with Gasteiger partial charge in [0.15, 0.2) is 0 Å². The summed E-state index contributed by atoms with van der Waals surface area (Å²) in [5.41, 5.74) is 5.96. The Bertz CT molecular complexity index is 478. The summed E-state index contributed by atoms with van der Waals surface area (Å²) < 4.78 is 5.59. The van der Waals surface area contributed by atoms with Crippen LogP contribution >= 0.6 is 0 Å². The maximum Gasteiger partial charge on any atom is 0.234 e. The maximum absolute atomic E-state index is 11.2. The number of hydrogen-bond acceptors (Lipinski definition) is 4. The van der Waals surface area contributed by atoms with Crippen molar-refractivity contribution in [2.75, 3.05) is 19.7 Å².